The predicted molar refractivity (Wildman–Crippen MR) is 94.0 cm³/mol. The van der Waals surface area contributed by atoms with E-state index in [4.69, 9.17) is 9.63 Å². The van der Waals surface area contributed by atoms with E-state index in [0.29, 0.717) is 6.42 Å². The van der Waals surface area contributed by atoms with Crippen molar-refractivity contribution in [3.8, 4) is 5.75 Å². The van der Waals surface area contributed by atoms with E-state index in [1.54, 1.807) is 0 Å². The fourth-order valence-electron chi connectivity index (χ4n) is 2.17. The minimum absolute atomic E-state index is 0.0402. The van der Waals surface area contributed by atoms with Gasteiger partial charge in [-0.05, 0) is 24.6 Å². The number of hydrogen-bond donors (Lipinski definition) is 2. The van der Waals surface area contributed by atoms with Crippen molar-refractivity contribution in [1.82, 2.24) is 5.32 Å². The van der Waals surface area contributed by atoms with Crippen molar-refractivity contribution < 1.29 is 33.2 Å². The fraction of sp³-hybridized carbons (Fsp3) is 0.529. The van der Waals surface area contributed by atoms with E-state index in [1.165, 1.54) is 18.2 Å². The first-order valence-electron chi connectivity index (χ1n) is 8.59. The molecule has 9 heteroatoms. The van der Waals surface area contributed by atoms with E-state index in [1.807, 2.05) is 0 Å². The van der Waals surface area contributed by atoms with Crippen LogP contribution in [0.4, 0.5) is 0 Å². The molecule has 0 radical (unpaired) electrons. The van der Waals surface area contributed by atoms with Crippen molar-refractivity contribution in [3.63, 3.8) is 0 Å². The van der Waals surface area contributed by atoms with Crippen LogP contribution in [0.2, 0.25) is 0 Å². The number of carbonyl (C=O) groups excluding carboxylic acids is 1. The van der Waals surface area contributed by atoms with E-state index in [2.05, 4.69) is 16.8 Å². The van der Waals surface area contributed by atoms with Crippen molar-refractivity contribution in [1.29, 1.82) is 0 Å². The van der Waals surface area contributed by atoms with E-state index in [0.717, 1.165) is 38.2 Å². The lowest BCUT2D eigenvalue weighted by molar-refractivity contribution is -0.216. The zero-order valence-corrected chi connectivity index (χ0v) is 15.7. The van der Waals surface area contributed by atoms with Crippen molar-refractivity contribution >= 4 is 19.7 Å². The summed E-state index contributed by atoms with van der Waals surface area (Å²) in [7, 11) is -4.65. The molecule has 0 spiro atoms. The third-order valence-corrected chi connectivity index (χ3v) is 4.41. The standard InChI is InChI=1S/C17H26NO7P/c1-2-3-4-5-6-10-16(19)18-11-12-24-26(22,23)25-15-9-7-8-14(13-15)17(20)21/h7-9,13H,2-6,10-12H2,1H3,(H,18,19)(H,20,21)(H,22,23)/p-1. The minimum atomic E-state index is -4.65. The molecule has 1 amide bonds. The Morgan fingerprint density at radius 3 is 2.65 bits per heavy atom. The fourth-order valence-corrected chi connectivity index (χ4v) is 2.91. The average molecular weight is 386 g/mol. The summed E-state index contributed by atoms with van der Waals surface area (Å²) in [4.78, 5) is 34.2. The van der Waals surface area contributed by atoms with Crippen LogP contribution < -0.4 is 14.7 Å². The van der Waals surface area contributed by atoms with Gasteiger partial charge in [0.1, 0.15) is 5.75 Å². The van der Waals surface area contributed by atoms with Gasteiger partial charge in [0.05, 0.1) is 12.2 Å². The SMILES string of the molecule is CCCCCCCC(=O)NCCOP(=O)([O-])Oc1cccc(C(=O)O)c1. The van der Waals surface area contributed by atoms with Crippen LogP contribution in [0.15, 0.2) is 24.3 Å². The molecule has 0 bridgehead atoms. The summed E-state index contributed by atoms with van der Waals surface area (Å²) in [5, 5.41) is 11.4. The van der Waals surface area contributed by atoms with Crippen molar-refractivity contribution in [2.75, 3.05) is 13.2 Å². The predicted octanol–water partition coefficient (Wildman–Crippen LogP) is 2.73. The summed E-state index contributed by atoms with van der Waals surface area (Å²) in [6, 6.07) is 5.06. The molecule has 0 aliphatic heterocycles. The van der Waals surface area contributed by atoms with Gasteiger partial charge in [-0.3, -0.25) is 9.36 Å². The summed E-state index contributed by atoms with van der Waals surface area (Å²) in [6.45, 7) is 1.90. The summed E-state index contributed by atoms with van der Waals surface area (Å²) in [6.07, 6.45) is 5.60. The van der Waals surface area contributed by atoms with Gasteiger partial charge in [0.2, 0.25) is 5.91 Å². The highest BCUT2D eigenvalue weighted by Gasteiger charge is 2.13. The van der Waals surface area contributed by atoms with E-state index in [-0.39, 0.29) is 30.4 Å². The Morgan fingerprint density at radius 2 is 1.96 bits per heavy atom. The molecule has 1 atom stereocenters. The Morgan fingerprint density at radius 1 is 1.23 bits per heavy atom. The second-order valence-electron chi connectivity index (χ2n) is 5.72. The van der Waals surface area contributed by atoms with Crippen molar-refractivity contribution in [2.45, 2.75) is 45.4 Å². The number of benzene rings is 1. The minimum Gasteiger partial charge on any atom is -0.746 e. The van der Waals surface area contributed by atoms with Gasteiger partial charge < -0.3 is 24.4 Å². The van der Waals surface area contributed by atoms with Crippen LogP contribution >= 0.6 is 7.82 Å². The molecule has 2 N–H and O–H groups in total. The van der Waals surface area contributed by atoms with Gasteiger partial charge in [-0.25, -0.2) is 4.79 Å². The maximum absolute atomic E-state index is 11.7. The van der Waals surface area contributed by atoms with Gasteiger partial charge in [0, 0.05) is 13.0 Å². The zero-order valence-electron chi connectivity index (χ0n) is 14.8. The smallest absolute Gasteiger partial charge is 0.335 e. The molecule has 26 heavy (non-hydrogen) atoms. The number of aromatic carboxylic acids is 1. The molecule has 146 valence electrons. The van der Waals surface area contributed by atoms with Gasteiger partial charge in [0.15, 0.2) is 0 Å². The Bertz CT molecular complexity index is 635. The van der Waals surface area contributed by atoms with Crippen LogP contribution in [0.3, 0.4) is 0 Å². The van der Waals surface area contributed by atoms with Gasteiger partial charge in [-0.1, -0.05) is 38.7 Å². The number of unbranched alkanes of at least 4 members (excludes halogenated alkanes) is 4. The van der Waals surface area contributed by atoms with E-state index >= 15 is 0 Å². The molecule has 0 aliphatic rings. The molecule has 0 fully saturated rings. The topological polar surface area (TPSA) is 125 Å². The number of rotatable bonds is 13. The van der Waals surface area contributed by atoms with Gasteiger partial charge >= 0.3 is 13.8 Å². The van der Waals surface area contributed by atoms with Crippen LogP contribution in [0.25, 0.3) is 0 Å². The maximum Gasteiger partial charge on any atom is 0.335 e. The Balaban J connectivity index is 2.27. The first-order chi connectivity index (χ1) is 12.3. The molecular weight excluding hydrogens is 361 g/mol. The zero-order chi connectivity index (χ0) is 19.4. The molecule has 0 saturated carbocycles. The van der Waals surface area contributed by atoms with E-state index in [9.17, 15) is 19.0 Å². The number of carboxylic acid groups (broad SMARTS) is 1. The third-order valence-electron chi connectivity index (χ3n) is 3.48. The molecule has 0 aromatic heterocycles. The molecule has 0 saturated heterocycles. The molecule has 1 aromatic carbocycles. The number of carboxylic acids is 1. The maximum atomic E-state index is 11.7. The van der Waals surface area contributed by atoms with Gasteiger partial charge in [-0.2, -0.15) is 0 Å². The van der Waals surface area contributed by atoms with Crippen molar-refractivity contribution in [2.24, 2.45) is 0 Å². The molecule has 1 aromatic rings. The molecule has 1 rings (SSSR count). The van der Waals surface area contributed by atoms with Crippen LogP contribution in [0.5, 0.6) is 5.75 Å². The molecule has 0 aliphatic carbocycles. The second-order valence-corrected chi connectivity index (χ2v) is 7.05. The number of carbonyl (C=O) groups is 2. The van der Waals surface area contributed by atoms with Crippen LogP contribution in [-0.2, 0) is 13.9 Å². The number of amides is 1. The van der Waals surface area contributed by atoms with Crippen molar-refractivity contribution in [3.05, 3.63) is 29.8 Å². The summed E-state index contributed by atoms with van der Waals surface area (Å²) in [5.41, 5.74) is -0.103. The first-order valence-corrected chi connectivity index (χ1v) is 10.1. The average Bonchev–Trinajstić information content (AvgIpc) is 2.58. The Kier molecular flexibility index (Phi) is 9.95. The summed E-state index contributed by atoms with van der Waals surface area (Å²) < 4.78 is 21.1. The van der Waals surface area contributed by atoms with Gasteiger partial charge in [0.25, 0.3) is 0 Å². The highest BCUT2D eigenvalue weighted by molar-refractivity contribution is 7.46. The lowest BCUT2D eigenvalue weighted by atomic mass is 10.1. The first kappa shape index (κ1) is 22.2. The number of nitrogens with one attached hydrogen (secondary N) is 1. The van der Waals surface area contributed by atoms with Crippen LogP contribution in [0, 0.1) is 0 Å². The second kappa shape index (κ2) is 11.7. The normalized spacial score (nSPS) is 13.0. The number of phosphoric ester groups is 1. The quantitative estimate of drug-likeness (QED) is 0.394. The highest BCUT2D eigenvalue weighted by Crippen LogP contribution is 2.39. The Hall–Kier alpha value is -1.89. The lowest BCUT2D eigenvalue weighted by Crippen LogP contribution is -2.27. The summed E-state index contributed by atoms with van der Waals surface area (Å²) >= 11 is 0. The van der Waals surface area contributed by atoms with Gasteiger partial charge in [-0.15, -0.1) is 0 Å². The van der Waals surface area contributed by atoms with E-state index < -0.39 is 13.8 Å². The molecule has 8 nitrogen and oxygen atoms in total. The number of hydrogen-bond acceptors (Lipinski definition) is 6. The highest BCUT2D eigenvalue weighted by atomic mass is 31.2. The van der Waals surface area contributed by atoms with Crippen LogP contribution in [0.1, 0.15) is 55.8 Å². The Labute approximate surface area is 153 Å². The third kappa shape index (κ3) is 9.56. The van der Waals surface area contributed by atoms with Crippen LogP contribution in [-0.4, -0.2) is 30.1 Å². The largest absolute Gasteiger partial charge is 0.746 e. The monoisotopic (exact) mass is 386 g/mol. The molecule has 1 unspecified atom stereocenters. The number of phosphoric acid groups is 1. The summed E-state index contributed by atoms with van der Waals surface area (Å²) in [5.74, 6) is -1.50. The molecular formula is C17H25NO7P-. The lowest BCUT2D eigenvalue weighted by Gasteiger charge is -2.23. The molecule has 0 heterocycles.